The maximum absolute atomic E-state index is 12.8. The zero-order chi connectivity index (χ0) is 21.7. The fourth-order valence-electron chi connectivity index (χ4n) is 4.37. The molecule has 0 radical (unpaired) electrons. The van der Waals surface area contributed by atoms with Crippen molar-refractivity contribution in [2.24, 2.45) is 0 Å². The molecule has 32 heavy (non-hydrogen) atoms. The Kier molecular flexibility index (Phi) is 4.67. The number of fused-ring (bicyclic) bond motifs is 2. The molecule has 3 heterocycles. The molecule has 0 N–H and O–H groups in total. The molecule has 2 aromatic carbocycles. The molecule has 0 spiro atoms. The minimum atomic E-state index is -3.42. The first-order valence-electron chi connectivity index (χ1n) is 10.6. The standard InChI is InChI=1S/C24H20N4O2S2/c29-32(30,28-11-1-2-12-28)18-6-3-16(4-7-18)22-14-25-21-10-8-19(24(21)27-22)17-5-9-20-23(13-17)31-15-26-20/h3-9,13-15H,1-2,10-12H2. The van der Waals surface area contributed by atoms with Gasteiger partial charge in [-0.2, -0.15) is 4.31 Å². The van der Waals surface area contributed by atoms with Crippen LogP contribution in [0.5, 0.6) is 0 Å². The third kappa shape index (κ3) is 3.26. The summed E-state index contributed by atoms with van der Waals surface area (Å²) < 4.78 is 28.3. The van der Waals surface area contributed by atoms with Crippen LogP contribution in [0.2, 0.25) is 0 Å². The fraction of sp³-hybridized carbons (Fsp3) is 0.208. The molecule has 0 amide bonds. The van der Waals surface area contributed by atoms with E-state index in [9.17, 15) is 8.42 Å². The van der Waals surface area contributed by atoms with Crippen LogP contribution in [0.1, 0.15) is 29.8 Å². The highest BCUT2D eigenvalue weighted by atomic mass is 32.2. The largest absolute Gasteiger partial charge is 0.256 e. The van der Waals surface area contributed by atoms with Crippen molar-refractivity contribution < 1.29 is 8.42 Å². The van der Waals surface area contributed by atoms with Gasteiger partial charge in [0.2, 0.25) is 10.0 Å². The highest BCUT2D eigenvalue weighted by Gasteiger charge is 2.27. The van der Waals surface area contributed by atoms with Gasteiger partial charge in [0, 0.05) is 30.6 Å². The molecule has 0 atom stereocenters. The number of nitrogens with zero attached hydrogens (tertiary/aromatic N) is 4. The van der Waals surface area contributed by atoms with Crippen LogP contribution in [-0.4, -0.2) is 40.8 Å². The maximum Gasteiger partial charge on any atom is 0.243 e. The molecule has 8 heteroatoms. The van der Waals surface area contributed by atoms with E-state index in [1.807, 2.05) is 23.7 Å². The summed E-state index contributed by atoms with van der Waals surface area (Å²) in [5.74, 6) is 0. The number of rotatable bonds is 4. The summed E-state index contributed by atoms with van der Waals surface area (Å²) in [7, 11) is -3.42. The number of sulfonamides is 1. The third-order valence-corrected chi connectivity index (χ3v) is 8.80. The van der Waals surface area contributed by atoms with Gasteiger partial charge in [-0.05, 0) is 42.7 Å². The Morgan fingerprint density at radius 3 is 2.53 bits per heavy atom. The molecule has 6 nitrogen and oxygen atoms in total. The maximum atomic E-state index is 12.8. The number of thiazole rings is 1. The second-order valence-electron chi connectivity index (χ2n) is 8.04. The lowest BCUT2D eigenvalue weighted by atomic mass is 10.0. The second-order valence-corrected chi connectivity index (χ2v) is 10.9. The van der Waals surface area contributed by atoms with Crippen molar-refractivity contribution in [2.45, 2.75) is 24.2 Å². The van der Waals surface area contributed by atoms with E-state index < -0.39 is 10.0 Å². The van der Waals surface area contributed by atoms with Gasteiger partial charge in [-0.15, -0.1) is 11.3 Å². The van der Waals surface area contributed by atoms with Gasteiger partial charge in [0.15, 0.2) is 0 Å². The minimum absolute atomic E-state index is 0.329. The number of hydrogen-bond acceptors (Lipinski definition) is 6. The third-order valence-electron chi connectivity index (χ3n) is 6.10. The molecular formula is C24H20N4O2S2. The van der Waals surface area contributed by atoms with Gasteiger partial charge in [-0.1, -0.05) is 24.3 Å². The molecule has 1 aliphatic carbocycles. The normalized spacial score (nSPS) is 16.4. The van der Waals surface area contributed by atoms with Crippen molar-refractivity contribution in [1.29, 1.82) is 0 Å². The molecule has 2 aliphatic rings. The van der Waals surface area contributed by atoms with Gasteiger partial charge >= 0.3 is 0 Å². The summed E-state index contributed by atoms with van der Waals surface area (Å²) in [6, 6.07) is 13.3. The lowest BCUT2D eigenvalue weighted by Gasteiger charge is -2.15. The molecule has 0 bridgehead atoms. The van der Waals surface area contributed by atoms with Gasteiger partial charge in [-0.3, -0.25) is 4.98 Å². The molecule has 0 unspecified atom stereocenters. The van der Waals surface area contributed by atoms with Gasteiger partial charge in [0.05, 0.1) is 43.9 Å². The van der Waals surface area contributed by atoms with E-state index in [1.54, 1.807) is 34.0 Å². The summed E-state index contributed by atoms with van der Waals surface area (Å²) in [6.45, 7) is 1.20. The minimum Gasteiger partial charge on any atom is -0.256 e. The molecule has 1 aliphatic heterocycles. The Bertz CT molecular complexity index is 1470. The Balaban J connectivity index is 1.33. The van der Waals surface area contributed by atoms with Crippen molar-refractivity contribution in [1.82, 2.24) is 19.3 Å². The quantitative estimate of drug-likeness (QED) is 0.447. The molecule has 2 aromatic heterocycles. The smallest absolute Gasteiger partial charge is 0.243 e. The van der Waals surface area contributed by atoms with E-state index in [4.69, 9.17) is 4.98 Å². The SMILES string of the molecule is O=S(=O)(c1ccc(-c2cnc3c(n2)C(c2ccc4ncsc4c2)=CC3)cc1)N1CCCC1. The van der Waals surface area contributed by atoms with Crippen LogP contribution >= 0.6 is 11.3 Å². The molecule has 160 valence electrons. The van der Waals surface area contributed by atoms with E-state index in [1.165, 1.54) is 0 Å². The molecule has 0 saturated carbocycles. The van der Waals surface area contributed by atoms with Crippen molar-refractivity contribution in [3.8, 4) is 11.3 Å². The first-order valence-corrected chi connectivity index (χ1v) is 12.9. The lowest BCUT2D eigenvalue weighted by molar-refractivity contribution is 0.477. The van der Waals surface area contributed by atoms with Gasteiger partial charge in [0.25, 0.3) is 0 Å². The molecule has 4 aromatic rings. The zero-order valence-electron chi connectivity index (χ0n) is 17.2. The van der Waals surface area contributed by atoms with Gasteiger partial charge in [0.1, 0.15) is 0 Å². The van der Waals surface area contributed by atoms with Gasteiger partial charge in [-0.25, -0.2) is 18.4 Å². The van der Waals surface area contributed by atoms with Crippen LogP contribution in [0.15, 0.2) is 65.1 Å². The van der Waals surface area contributed by atoms with Crippen molar-refractivity contribution >= 4 is 37.1 Å². The Hall–Kier alpha value is -2.94. The Labute approximate surface area is 190 Å². The summed E-state index contributed by atoms with van der Waals surface area (Å²) in [5, 5.41) is 0. The lowest BCUT2D eigenvalue weighted by Crippen LogP contribution is -2.27. The first kappa shape index (κ1) is 19.7. The van der Waals surface area contributed by atoms with E-state index in [-0.39, 0.29) is 0 Å². The fourth-order valence-corrected chi connectivity index (χ4v) is 6.60. The van der Waals surface area contributed by atoms with E-state index in [0.29, 0.717) is 18.0 Å². The number of allylic oxidation sites excluding steroid dienone is 1. The second kappa shape index (κ2) is 7.58. The predicted octanol–water partition coefficient (Wildman–Crippen LogP) is 4.53. The average molecular weight is 461 g/mol. The molecule has 6 rings (SSSR count). The number of benzene rings is 2. The molecule has 1 saturated heterocycles. The predicted molar refractivity (Wildman–Crippen MR) is 126 cm³/mol. The average Bonchev–Trinajstić information content (AvgIpc) is 3.59. The zero-order valence-corrected chi connectivity index (χ0v) is 18.9. The van der Waals surface area contributed by atoms with Crippen LogP contribution in [0.3, 0.4) is 0 Å². The van der Waals surface area contributed by atoms with Crippen LogP contribution in [-0.2, 0) is 16.4 Å². The monoisotopic (exact) mass is 460 g/mol. The van der Waals surface area contributed by atoms with Crippen LogP contribution in [0.25, 0.3) is 27.0 Å². The molecular weight excluding hydrogens is 440 g/mol. The summed E-state index contributed by atoms with van der Waals surface area (Å²) in [6.07, 6.45) is 6.54. The van der Waals surface area contributed by atoms with Crippen molar-refractivity contribution in [2.75, 3.05) is 13.1 Å². The van der Waals surface area contributed by atoms with Crippen molar-refractivity contribution in [3.63, 3.8) is 0 Å². The van der Waals surface area contributed by atoms with Crippen LogP contribution < -0.4 is 0 Å². The Morgan fingerprint density at radius 2 is 1.72 bits per heavy atom. The van der Waals surface area contributed by atoms with Crippen molar-refractivity contribution in [3.05, 3.63) is 77.2 Å². The number of hydrogen-bond donors (Lipinski definition) is 0. The van der Waals surface area contributed by atoms with E-state index in [2.05, 4.69) is 28.2 Å². The molecule has 1 fully saturated rings. The van der Waals surface area contributed by atoms with E-state index >= 15 is 0 Å². The summed E-state index contributed by atoms with van der Waals surface area (Å²) >= 11 is 1.63. The highest BCUT2D eigenvalue weighted by Crippen LogP contribution is 2.34. The topological polar surface area (TPSA) is 76.0 Å². The first-order chi connectivity index (χ1) is 15.6. The number of aromatic nitrogens is 3. The summed E-state index contributed by atoms with van der Waals surface area (Å²) in [5.41, 5.74) is 8.49. The Morgan fingerprint density at radius 1 is 0.938 bits per heavy atom. The van der Waals surface area contributed by atoms with E-state index in [0.717, 1.165) is 63.3 Å². The van der Waals surface area contributed by atoms with Crippen LogP contribution in [0, 0.1) is 0 Å². The highest BCUT2D eigenvalue weighted by molar-refractivity contribution is 7.89. The van der Waals surface area contributed by atoms with Crippen LogP contribution in [0.4, 0.5) is 0 Å². The van der Waals surface area contributed by atoms with Gasteiger partial charge < -0.3 is 0 Å². The summed E-state index contributed by atoms with van der Waals surface area (Å²) in [4.78, 5) is 14.3.